The van der Waals surface area contributed by atoms with E-state index in [0.29, 0.717) is 5.56 Å². The number of rotatable bonds is 2. The zero-order valence-corrected chi connectivity index (χ0v) is 15.2. The molecule has 4 heterocycles. The highest BCUT2D eigenvalue weighted by atomic mass is 16.2. The number of fused-ring (bicyclic) bond motifs is 2. The molecule has 1 atom stereocenters. The van der Waals surface area contributed by atoms with Crippen molar-refractivity contribution >= 4 is 16.9 Å². The van der Waals surface area contributed by atoms with Crippen molar-refractivity contribution in [2.75, 3.05) is 6.54 Å². The van der Waals surface area contributed by atoms with Crippen LogP contribution in [-0.4, -0.2) is 36.7 Å². The maximum atomic E-state index is 13.5. The average molecular weight is 337 g/mol. The summed E-state index contributed by atoms with van der Waals surface area (Å²) in [5, 5.41) is 5.34. The van der Waals surface area contributed by atoms with Gasteiger partial charge in [-0.25, -0.2) is 4.98 Å². The largest absolute Gasteiger partial charge is 0.348 e. The van der Waals surface area contributed by atoms with Crippen molar-refractivity contribution in [1.29, 1.82) is 0 Å². The minimum absolute atomic E-state index is 0.0749. The van der Waals surface area contributed by atoms with Gasteiger partial charge in [0.05, 0.1) is 22.7 Å². The Hall–Kier alpha value is -2.63. The zero-order chi connectivity index (χ0) is 17.7. The Morgan fingerprint density at radius 3 is 2.88 bits per heavy atom. The van der Waals surface area contributed by atoms with E-state index in [9.17, 15) is 4.79 Å². The lowest BCUT2D eigenvalue weighted by atomic mass is 10.0. The number of aryl methyl sites for hydroxylation is 3. The summed E-state index contributed by atoms with van der Waals surface area (Å²) in [7, 11) is 1.87. The normalized spacial score (nSPS) is 17.1. The molecule has 0 aromatic carbocycles. The summed E-state index contributed by atoms with van der Waals surface area (Å²) in [4.78, 5) is 20.1. The number of hydrogen-bond donors (Lipinski definition) is 0. The average Bonchev–Trinajstić information content (AvgIpc) is 3.17. The van der Waals surface area contributed by atoms with Crippen LogP contribution in [0.2, 0.25) is 0 Å². The Morgan fingerprint density at radius 2 is 2.12 bits per heavy atom. The first-order valence-electron chi connectivity index (χ1n) is 8.78. The van der Waals surface area contributed by atoms with E-state index in [0.717, 1.165) is 41.9 Å². The molecule has 1 aliphatic heterocycles. The zero-order valence-electron chi connectivity index (χ0n) is 15.2. The third-order valence-electron chi connectivity index (χ3n) is 5.14. The molecule has 6 nitrogen and oxygen atoms in total. The standard InChI is InChI=1S/C19H23N5O/c1-5-15-16-7-6-8-23(16)9-10-24(15)19(25)14-11-12(2)20-18-17(14)13(3)21-22(18)4/h6-8,11,15H,5,9-10H2,1-4H3/t15-/m0/s1. The monoisotopic (exact) mass is 337 g/mol. The first-order valence-corrected chi connectivity index (χ1v) is 8.78. The minimum Gasteiger partial charge on any atom is -0.348 e. The summed E-state index contributed by atoms with van der Waals surface area (Å²) in [6.07, 6.45) is 2.99. The molecule has 4 rings (SSSR count). The Balaban J connectivity index is 1.83. The number of carbonyl (C=O) groups is 1. The second-order valence-electron chi connectivity index (χ2n) is 6.77. The summed E-state index contributed by atoms with van der Waals surface area (Å²) < 4.78 is 4.01. The van der Waals surface area contributed by atoms with Gasteiger partial charge in [0.2, 0.25) is 0 Å². The van der Waals surface area contributed by atoms with Gasteiger partial charge < -0.3 is 9.47 Å². The maximum absolute atomic E-state index is 13.5. The summed E-state index contributed by atoms with van der Waals surface area (Å²) in [6, 6.07) is 6.19. The van der Waals surface area contributed by atoms with E-state index in [4.69, 9.17) is 0 Å². The highest BCUT2D eigenvalue weighted by Gasteiger charge is 2.31. The SMILES string of the molecule is CC[C@H]1c2cccn2CCN1C(=O)c1cc(C)nc2c1c(C)nn2C. The first-order chi connectivity index (χ1) is 12.0. The molecule has 0 spiro atoms. The lowest BCUT2D eigenvalue weighted by molar-refractivity contribution is 0.0619. The van der Waals surface area contributed by atoms with Crippen LogP contribution in [0.3, 0.4) is 0 Å². The van der Waals surface area contributed by atoms with Crippen molar-refractivity contribution in [2.24, 2.45) is 7.05 Å². The van der Waals surface area contributed by atoms with E-state index >= 15 is 0 Å². The topological polar surface area (TPSA) is 56.0 Å². The molecular weight excluding hydrogens is 314 g/mol. The molecule has 6 heteroatoms. The van der Waals surface area contributed by atoms with Crippen molar-refractivity contribution in [3.8, 4) is 0 Å². The van der Waals surface area contributed by atoms with Crippen LogP contribution in [-0.2, 0) is 13.6 Å². The first kappa shape index (κ1) is 15.9. The van der Waals surface area contributed by atoms with Gasteiger partial charge in [-0.1, -0.05) is 6.92 Å². The van der Waals surface area contributed by atoms with E-state index in [2.05, 4.69) is 39.9 Å². The predicted octanol–water partition coefficient (Wildman–Crippen LogP) is 2.99. The van der Waals surface area contributed by atoms with Gasteiger partial charge >= 0.3 is 0 Å². The number of carbonyl (C=O) groups excluding carboxylic acids is 1. The number of amides is 1. The Labute approximate surface area is 147 Å². The maximum Gasteiger partial charge on any atom is 0.255 e. The van der Waals surface area contributed by atoms with Gasteiger partial charge in [-0.15, -0.1) is 0 Å². The highest BCUT2D eigenvalue weighted by molar-refractivity contribution is 6.06. The van der Waals surface area contributed by atoms with Gasteiger partial charge in [-0.3, -0.25) is 9.48 Å². The van der Waals surface area contributed by atoms with E-state index in [-0.39, 0.29) is 11.9 Å². The van der Waals surface area contributed by atoms with Crippen LogP contribution in [0.15, 0.2) is 24.4 Å². The molecule has 25 heavy (non-hydrogen) atoms. The molecule has 0 N–H and O–H groups in total. The van der Waals surface area contributed by atoms with Crippen molar-refractivity contribution in [1.82, 2.24) is 24.2 Å². The molecule has 3 aromatic rings. The van der Waals surface area contributed by atoms with Crippen LogP contribution in [0.25, 0.3) is 11.0 Å². The van der Waals surface area contributed by atoms with Crippen LogP contribution in [0, 0.1) is 13.8 Å². The third-order valence-corrected chi connectivity index (χ3v) is 5.14. The van der Waals surface area contributed by atoms with Crippen molar-refractivity contribution in [3.63, 3.8) is 0 Å². The molecule has 1 aliphatic rings. The Morgan fingerprint density at radius 1 is 1.32 bits per heavy atom. The molecule has 130 valence electrons. The van der Waals surface area contributed by atoms with Crippen LogP contribution >= 0.6 is 0 Å². The fourth-order valence-electron chi connectivity index (χ4n) is 4.03. The van der Waals surface area contributed by atoms with E-state index < -0.39 is 0 Å². The van der Waals surface area contributed by atoms with E-state index in [1.807, 2.05) is 31.9 Å². The fraction of sp³-hybridized carbons (Fsp3) is 0.421. The fourth-order valence-corrected chi connectivity index (χ4v) is 4.03. The number of nitrogens with zero attached hydrogens (tertiary/aromatic N) is 5. The Kier molecular flexibility index (Phi) is 3.63. The molecule has 0 aliphatic carbocycles. The van der Waals surface area contributed by atoms with Gasteiger partial charge in [0, 0.05) is 37.7 Å². The predicted molar refractivity (Wildman–Crippen MR) is 96.5 cm³/mol. The van der Waals surface area contributed by atoms with Gasteiger partial charge in [0.1, 0.15) is 0 Å². The molecule has 0 bridgehead atoms. The summed E-state index contributed by atoms with van der Waals surface area (Å²) in [6.45, 7) is 7.56. The van der Waals surface area contributed by atoms with Crippen LogP contribution in [0.5, 0.6) is 0 Å². The highest BCUT2D eigenvalue weighted by Crippen LogP contribution is 2.32. The molecule has 0 unspecified atom stereocenters. The minimum atomic E-state index is 0.0749. The van der Waals surface area contributed by atoms with Crippen molar-refractivity contribution in [3.05, 3.63) is 47.0 Å². The van der Waals surface area contributed by atoms with E-state index in [1.165, 1.54) is 5.69 Å². The molecule has 0 saturated heterocycles. The molecule has 0 radical (unpaired) electrons. The summed E-state index contributed by atoms with van der Waals surface area (Å²) in [5.74, 6) is 0.0749. The van der Waals surface area contributed by atoms with Gasteiger partial charge in [0.15, 0.2) is 5.65 Å². The third kappa shape index (κ3) is 2.35. The number of hydrogen-bond acceptors (Lipinski definition) is 3. The lowest BCUT2D eigenvalue weighted by Crippen LogP contribution is -2.41. The van der Waals surface area contributed by atoms with Crippen molar-refractivity contribution in [2.45, 2.75) is 39.8 Å². The quantitative estimate of drug-likeness (QED) is 0.722. The molecule has 1 amide bonds. The second-order valence-corrected chi connectivity index (χ2v) is 6.77. The van der Waals surface area contributed by atoms with Gasteiger partial charge in [-0.2, -0.15) is 5.10 Å². The van der Waals surface area contributed by atoms with E-state index in [1.54, 1.807) is 4.68 Å². The smallest absolute Gasteiger partial charge is 0.255 e. The van der Waals surface area contributed by atoms with Crippen molar-refractivity contribution < 1.29 is 4.79 Å². The van der Waals surface area contributed by atoms with Crippen LogP contribution < -0.4 is 0 Å². The lowest BCUT2D eigenvalue weighted by Gasteiger charge is -2.36. The second kappa shape index (κ2) is 5.72. The van der Waals surface area contributed by atoms with Gasteiger partial charge in [-0.05, 0) is 38.5 Å². The summed E-state index contributed by atoms with van der Waals surface area (Å²) >= 11 is 0. The molecular formula is C19H23N5O. The van der Waals surface area contributed by atoms with Crippen LogP contribution in [0.4, 0.5) is 0 Å². The molecule has 0 saturated carbocycles. The van der Waals surface area contributed by atoms with Gasteiger partial charge in [0.25, 0.3) is 5.91 Å². The summed E-state index contributed by atoms with van der Waals surface area (Å²) in [5.41, 5.74) is 4.39. The number of aromatic nitrogens is 4. The Bertz CT molecular complexity index is 968. The number of pyridine rings is 1. The van der Waals surface area contributed by atoms with Crippen LogP contribution in [0.1, 0.15) is 46.8 Å². The molecule has 0 fully saturated rings. The molecule has 3 aromatic heterocycles.